The molecule has 0 bridgehead atoms. The van der Waals surface area contributed by atoms with Gasteiger partial charge in [-0.3, -0.25) is 9.78 Å². The number of fused-ring (bicyclic) bond motifs is 2. The average molecular weight is 591 g/mol. The van der Waals surface area contributed by atoms with E-state index in [0.717, 1.165) is 65.2 Å². The van der Waals surface area contributed by atoms with Crippen molar-refractivity contribution in [2.75, 3.05) is 43.1 Å². The number of furan rings is 1. The maximum absolute atomic E-state index is 14.4. The number of hydrogen-bond donors (Lipinski definition) is 1. The molecule has 1 saturated heterocycles. The Morgan fingerprint density at radius 1 is 0.953 bits per heavy atom. The molecule has 2 aliphatic rings. The molecule has 43 heavy (non-hydrogen) atoms. The van der Waals surface area contributed by atoms with Crippen molar-refractivity contribution in [2.24, 2.45) is 0 Å². The van der Waals surface area contributed by atoms with Crippen LogP contribution in [0.15, 0.2) is 95.7 Å². The van der Waals surface area contributed by atoms with Crippen molar-refractivity contribution in [3.63, 3.8) is 0 Å². The van der Waals surface area contributed by atoms with Gasteiger partial charge >= 0.3 is 0 Å². The predicted octanol–water partition coefficient (Wildman–Crippen LogP) is 6.83. The van der Waals surface area contributed by atoms with Gasteiger partial charge in [-0.1, -0.05) is 35.9 Å². The van der Waals surface area contributed by atoms with Crippen LogP contribution in [0.25, 0.3) is 22.5 Å². The molecular formula is C35H31ClN4O3. The zero-order chi connectivity index (χ0) is 29.3. The lowest BCUT2D eigenvalue weighted by Gasteiger charge is -2.31. The van der Waals surface area contributed by atoms with E-state index in [9.17, 15) is 4.79 Å². The zero-order valence-corrected chi connectivity index (χ0v) is 24.6. The van der Waals surface area contributed by atoms with Crippen LogP contribution in [-0.4, -0.2) is 44.2 Å². The average Bonchev–Trinajstić information content (AvgIpc) is 3.44. The van der Waals surface area contributed by atoms with Crippen molar-refractivity contribution in [3.05, 3.63) is 119 Å². The third-order valence-corrected chi connectivity index (χ3v) is 8.49. The number of halogens is 1. The third kappa shape index (κ3) is 5.26. The summed E-state index contributed by atoms with van der Waals surface area (Å²) in [5.74, 6) is 1.53. The van der Waals surface area contributed by atoms with Crippen LogP contribution in [0, 0.1) is 0 Å². The van der Waals surface area contributed by atoms with E-state index in [2.05, 4.69) is 45.5 Å². The van der Waals surface area contributed by atoms with Crippen molar-refractivity contribution in [1.82, 2.24) is 10.3 Å². The molecule has 2 aliphatic heterocycles. The standard InChI is InChI=1S/C35H31ClN4O3/c1-42-33-21-38-13-12-30(33)29-5-3-2-4-24(29)22-40-31-11-10-28(39-16-14-37-15-17-39)19-25(31)18-26-20-32(43-34(26)35(40)41)23-6-8-27(36)9-7-23/h2-13,19-21,37H,14-18,22H2,1H3. The molecule has 7 nitrogen and oxygen atoms in total. The first-order valence-corrected chi connectivity index (χ1v) is 14.8. The summed E-state index contributed by atoms with van der Waals surface area (Å²) in [7, 11) is 1.64. The molecule has 5 aromatic rings. The normalized spacial score (nSPS) is 14.7. The molecule has 0 atom stereocenters. The Labute approximate surface area is 255 Å². The third-order valence-electron chi connectivity index (χ3n) is 8.23. The van der Waals surface area contributed by atoms with Crippen LogP contribution in [-0.2, 0) is 13.0 Å². The van der Waals surface area contributed by atoms with Crippen molar-refractivity contribution in [2.45, 2.75) is 13.0 Å². The number of ether oxygens (including phenoxy) is 1. The Balaban J connectivity index is 1.34. The monoisotopic (exact) mass is 590 g/mol. The van der Waals surface area contributed by atoms with Gasteiger partial charge in [-0.2, -0.15) is 0 Å². The summed E-state index contributed by atoms with van der Waals surface area (Å²) in [6, 6.07) is 26.0. The largest absolute Gasteiger partial charge is 0.494 e. The molecule has 8 heteroatoms. The first-order valence-electron chi connectivity index (χ1n) is 14.4. The molecule has 1 fully saturated rings. The molecule has 1 amide bonds. The van der Waals surface area contributed by atoms with Gasteiger partial charge in [-0.15, -0.1) is 0 Å². The van der Waals surface area contributed by atoms with Gasteiger partial charge in [0.25, 0.3) is 5.91 Å². The molecule has 3 aromatic carbocycles. The number of carbonyl (C=O) groups excluding carboxylic acids is 1. The number of rotatable bonds is 6. The lowest BCUT2D eigenvalue weighted by Crippen LogP contribution is -2.43. The number of nitrogens with one attached hydrogen (secondary N) is 1. The van der Waals surface area contributed by atoms with E-state index in [4.69, 9.17) is 20.8 Å². The van der Waals surface area contributed by atoms with Gasteiger partial charge < -0.3 is 24.3 Å². The summed E-state index contributed by atoms with van der Waals surface area (Å²) in [6.45, 7) is 4.15. The van der Waals surface area contributed by atoms with E-state index in [1.165, 1.54) is 5.69 Å². The van der Waals surface area contributed by atoms with Crippen LogP contribution < -0.4 is 19.9 Å². The van der Waals surface area contributed by atoms with E-state index in [0.29, 0.717) is 35.3 Å². The van der Waals surface area contributed by atoms with Crippen LogP contribution in [0.5, 0.6) is 5.75 Å². The quantitative estimate of drug-likeness (QED) is 0.234. The number of aromatic nitrogens is 1. The zero-order valence-electron chi connectivity index (χ0n) is 23.8. The number of anilines is 2. The highest BCUT2D eigenvalue weighted by Crippen LogP contribution is 2.39. The van der Waals surface area contributed by atoms with Crippen LogP contribution in [0.3, 0.4) is 0 Å². The first kappa shape index (κ1) is 27.3. The lowest BCUT2D eigenvalue weighted by molar-refractivity contribution is 0.0959. The number of carbonyl (C=O) groups is 1. The minimum atomic E-state index is -0.166. The van der Waals surface area contributed by atoms with Crippen molar-refractivity contribution >= 4 is 28.9 Å². The van der Waals surface area contributed by atoms with Gasteiger partial charge in [0.1, 0.15) is 11.5 Å². The second-order valence-electron chi connectivity index (χ2n) is 10.8. The van der Waals surface area contributed by atoms with Gasteiger partial charge in [0, 0.05) is 71.9 Å². The second kappa shape index (κ2) is 11.6. The first-order chi connectivity index (χ1) is 21.1. The molecule has 4 heterocycles. The fourth-order valence-corrected chi connectivity index (χ4v) is 6.17. The van der Waals surface area contributed by atoms with Crippen molar-refractivity contribution in [3.8, 4) is 28.2 Å². The molecule has 0 radical (unpaired) electrons. The minimum Gasteiger partial charge on any atom is -0.494 e. The van der Waals surface area contributed by atoms with Crippen LogP contribution >= 0.6 is 11.6 Å². The topological polar surface area (TPSA) is 70.8 Å². The van der Waals surface area contributed by atoms with E-state index in [-0.39, 0.29) is 5.91 Å². The predicted molar refractivity (Wildman–Crippen MR) is 170 cm³/mol. The minimum absolute atomic E-state index is 0.166. The van der Waals surface area contributed by atoms with E-state index >= 15 is 0 Å². The molecule has 2 aromatic heterocycles. The lowest BCUT2D eigenvalue weighted by atomic mass is 9.99. The molecular weight excluding hydrogens is 560 g/mol. The van der Waals surface area contributed by atoms with Gasteiger partial charge in [0.15, 0.2) is 5.76 Å². The SMILES string of the molecule is COc1cnccc1-c1ccccc1CN1C(=O)c2oc(-c3ccc(Cl)cc3)cc2Cc2cc(N3CCNCC3)ccc21. The highest BCUT2D eigenvalue weighted by molar-refractivity contribution is 6.30. The highest BCUT2D eigenvalue weighted by atomic mass is 35.5. The van der Waals surface area contributed by atoms with E-state index in [1.54, 1.807) is 19.5 Å². The molecule has 216 valence electrons. The number of pyridine rings is 1. The number of methoxy groups -OCH3 is 1. The Kier molecular flexibility index (Phi) is 7.35. The fraction of sp³-hybridized carbons (Fsp3) is 0.200. The Morgan fingerprint density at radius 3 is 2.58 bits per heavy atom. The van der Waals surface area contributed by atoms with Crippen LogP contribution in [0.1, 0.15) is 27.2 Å². The van der Waals surface area contributed by atoms with E-state index < -0.39 is 0 Å². The van der Waals surface area contributed by atoms with Crippen molar-refractivity contribution in [1.29, 1.82) is 0 Å². The molecule has 0 aliphatic carbocycles. The number of benzene rings is 3. The van der Waals surface area contributed by atoms with Gasteiger partial charge in [-0.05, 0) is 71.3 Å². The molecule has 0 spiro atoms. The number of amides is 1. The van der Waals surface area contributed by atoms with Gasteiger partial charge in [-0.25, -0.2) is 0 Å². The van der Waals surface area contributed by atoms with Crippen LogP contribution in [0.4, 0.5) is 11.4 Å². The van der Waals surface area contributed by atoms with Crippen molar-refractivity contribution < 1.29 is 13.9 Å². The number of piperazine rings is 1. The summed E-state index contributed by atoms with van der Waals surface area (Å²) >= 11 is 6.14. The van der Waals surface area contributed by atoms with Crippen LogP contribution in [0.2, 0.25) is 5.02 Å². The second-order valence-corrected chi connectivity index (χ2v) is 11.3. The highest BCUT2D eigenvalue weighted by Gasteiger charge is 2.32. The van der Waals surface area contributed by atoms with Gasteiger partial charge in [0.05, 0.1) is 19.9 Å². The summed E-state index contributed by atoms with van der Waals surface area (Å²) in [6.07, 6.45) is 4.05. The Morgan fingerprint density at radius 2 is 1.77 bits per heavy atom. The maximum Gasteiger partial charge on any atom is 0.294 e. The Bertz CT molecular complexity index is 1790. The number of hydrogen-bond acceptors (Lipinski definition) is 6. The molecule has 0 unspecified atom stereocenters. The number of nitrogens with zero attached hydrogens (tertiary/aromatic N) is 3. The summed E-state index contributed by atoms with van der Waals surface area (Å²) in [5.41, 5.74) is 7.80. The van der Waals surface area contributed by atoms with E-state index in [1.807, 2.05) is 53.4 Å². The summed E-state index contributed by atoms with van der Waals surface area (Å²) in [5, 5.41) is 4.08. The molecule has 7 rings (SSSR count). The summed E-state index contributed by atoms with van der Waals surface area (Å²) < 4.78 is 12.0. The maximum atomic E-state index is 14.4. The van der Waals surface area contributed by atoms with Gasteiger partial charge in [0.2, 0.25) is 0 Å². The smallest absolute Gasteiger partial charge is 0.294 e. The Hall–Kier alpha value is -4.59. The fourth-order valence-electron chi connectivity index (χ4n) is 6.04. The molecule has 0 saturated carbocycles. The summed E-state index contributed by atoms with van der Waals surface area (Å²) in [4.78, 5) is 22.9. The molecule has 1 N–H and O–H groups in total.